The number of anilines is 1. The van der Waals surface area contributed by atoms with Crippen molar-refractivity contribution in [1.29, 1.82) is 0 Å². The average Bonchev–Trinajstić information content (AvgIpc) is 2.98. The lowest BCUT2D eigenvalue weighted by Gasteiger charge is -2.23. The molecule has 2 heterocycles. The molecule has 0 atom stereocenters. The van der Waals surface area contributed by atoms with Crippen LogP contribution >= 0.6 is 11.3 Å². The summed E-state index contributed by atoms with van der Waals surface area (Å²) in [4.78, 5) is 8.09. The SMILES string of the molecule is CN(Cc1cccs1)c1c(CN)cnc2ccccc12. The molecule has 0 radical (unpaired) electrons. The maximum absolute atomic E-state index is 5.89. The van der Waals surface area contributed by atoms with Crippen molar-refractivity contribution >= 4 is 27.9 Å². The fourth-order valence-corrected chi connectivity index (χ4v) is 3.24. The molecule has 0 spiro atoms. The van der Waals surface area contributed by atoms with E-state index in [1.54, 1.807) is 11.3 Å². The Labute approximate surface area is 122 Å². The minimum atomic E-state index is 0.502. The van der Waals surface area contributed by atoms with E-state index in [-0.39, 0.29) is 0 Å². The number of pyridine rings is 1. The number of para-hydroxylation sites is 1. The van der Waals surface area contributed by atoms with E-state index >= 15 is 0 Å². The largest absolute Gasteiger partial charge is 0.369 e. The lowest BCUT2D eigenvalue weighted by molar-refractivity contribution is 0.920. The van der Waals surface area contributed by atoms with E-state index < -0.39 is 0 Å². The molecule has 0 fully saturated rings. The highest BCUT2D eigenvalue weighted by atomic mass is 32.1. The van der Waals surface area contributed by atoms with E-state index in [9.17, 15) is 0 Å². The summed E-state index contributed by atoms with van der Waals surface area (Å²) in [6.07, 6.45) is 1.89. The molecule has 20 heavy (non-hydrogen) atoms. The van der Waals surface area contributed by atoms with Gasteiger partial charge in [-0.25, -0.2) is 0 Å². The van der Waals surface area contributed by atoms with Crippen molar-refractivity contribution in [3.8, 4) is 0 Å². The van der Waals surface area contributed by atoms with Crippen molar-refractivity contribution in [3.63, 3.8) is 0 Å². The van der Waals surface area contributed by atoms with Crippen LogP contribution in [0.5, 0.6) is 0 Å². The third-order valence-corrected chi connectivity index (χ3v) is 4.26. The summed E-state index contributed by atoms with van der Waals surface area (Å²) in [5, 5.41) is 3.27. The van der Waals surface area contributed by atoms with Gasteiger partial charge in [0.25, 0.3) is 0 Å². The van der Waals surface area contributed by atoms with Gasteiger partial charge < -0.3 is 10.6 Å². The molecule has 3 rings (SSSR count). The molecule has 0 saturated carbocycles. The van der Waals surface area contributed by atoms with Gasteiger partial charge in [0.2, 0.25) is 0 Å². The van der Waals surface area contributed by atoms with Crippen LogP contribution in [0.25, 0.3) is 10.9 Å². The number of thiophene rings is 1. The average molecular weight is 283 g/mol. The van der Waals surface area contributed by atoms with Crippen LogP contribution in [0.4, 0.5) is 5.69 Å². The zero-order valence-electron chi connectivity index (χ0n) is 11.4. The Kier molecular flexibility index (Phi) is 3.67. The minimum absolute atomic E-state index is 0.502. The lowest BCUT2D eigenvalue weighted by atomic mass is 10.1. The van der Waals surface area contributed by atoms with Crippen molar-refractivity contribution in [2.45, 2.75) is 13.1 Å². The highest BCUT2D eigenvalue weighted by molar-refractivity contribution is 7.09. The summed E-state index contributed by atoms with van der Waals surface area (Å²) in [7, 11) is 2.11. The molecule has 4 heteroatoms. The molecule has 0 aliphatic rings. The Morgan fingerprint density at radius 3 is 2.80 bits per heavy atom. The first-order valence-electron chi connectivity index (χ1n) is 6.60. The predicted molar refractivity (Wildman–Crippen MR) is 86.1 cm³/mol. The highest BCUT2D eigenvalue weighted by Crippen LogP contribution is 2.30. The van der Waals surface area contributed by atoms with Crippen molar-refractivity contribution in [1.82, 2.24) is 4.98 Å². The van der Waals surface area contributed by atoms with E-state index in [2.05, 4.69) is 40.5 Å². The van der Waals surface area contributed by atoms with Crippen LogP contribution in [-0.4, -0.2) is 12.0 Å². The number of fused-ring (bicyclic) bond motifs is 1. The second-order valence-electron chi connectivity index (χ2n) is 4.79. The van der Waals surface area contributed by atoms with Crippen molar-refractivity contribution in [3.05, 3.63) is 58.4 Å². The van der Waals surface area contributed by atoms with E-state index in [0.717, 1.165) is 23.0 Å². The first-order chi connectivity index (χ1) is 9.79. The summed E-state index contributed by atoms with van der Waals surface area (Å²) in [6, 6.07) is 12.5. The Morgan fingerprint density at radius 1 is 1.20 bits per heavy atom. The standard InChI is InChI=1S/C16H17N3S/c1-19(11-13-5-4-8-20-13)16-12(9-17)10-18-15-7-3-2-6-14(15)16/h2-8,10H,9,11,17H2,1H3. The number of nitrogens with zero attached hydrogens (tertiary/aromatic N) is 2. The summed E-state index contributed by atoms with van der Waals surface area (Å²) in [6.45, 7) is 1.39. The van der Waals surface area contributed by atoms with Crippen LogP contribution in [0.1, 0.15) is 10.4 Å². The normalized spacial score (nSPS) is 10.9. The quantitative estimate of drug-likeness (QED) is 0.798. The number of hydrogen-bond acceptors (Lipinski definition) is 4. The molecule has 0 unspecified atom stereocenters. The number of hydrogen-bond donors (Lipinski definition) is 1. The Bertz CT molecular complexity index is 707. The molecule has 102 valence electrons. The van der Waals surface area contributed by atoms with E-state index in [4.69, 9.17) is 5.73 Å². The molecule has 0 bridgehead atoms. The van der Waals surface area contributed by atoms with Gasteiger partial charge in [0.05, 0.1) is 17.7 Å². The number of benzene rings is 1. The third-order valence-electron chi connectivity index (χ3n) is 3.40. The summed E-state index contributed by atoms with van der Waals surface area (Å²) in [5.74, 6) is 0. The molecular formula is C16H17N3S. The maximum atomic E-state index is 5.89. The molecule has 0 aliphatic carbocycles. The maximum Gasteiger partial charge on any atom is 0.0723 e. The van der Waals surface area contributed by atoms with Crippen LogP contribution in [0.3, 0.4) is 0 Å². The van der Waals surface area contributed by atoms with Crippen LogP contribution in [0.15, 0.2) is 48.0 Å². The van der Waals surface area contributed by atoms with Crippen LogP contribution < -0.4 is 10.6 Å². The summed E-state index contributed by atoms with van der Waals surface area (Å²) >= 11 is 1.78. The van der Waals surface area contributed by atoms with Crippen LogP contribution in [-0.2, 0) is 13.1 Å². The zero-order valence-corrected chi connectivity index (χ0v) is 12.2. The summed E-state index contributed by atoms with van der Waals surface area (Å²) in [5.41, 5.74) is 9.17. The first kappa shape index (κ1) is 13.1. The van der Waals surface area contributed by atoms with Gasteiger partial charge in [-0.2, -0.15) is 0 Å². The van der Waals surface area contributed by atoms with Crippen molar-refractivity contribution in [2.75, 3.05) is 11.9 Å². The number of rotatable bonds is 4. The monoisotopic (exact) mass is 283 g/mol. The van der Waals surface area contributed by atoms with E-state index in [0.29, 0.717) is 6.54 Å². The molecule has 0 saturated heterocycles. The van der Waals surface area contributed by atoms with Crippen molar-refractivity contribution in [2.24, 2.45) is 5.73 Å². The van der Waals surface area contributed by atoms with Gasteiger partial charge in [0.15, 0.2) is 0 Å². The molecule has 0 aliphatic heterocycles. The third kappa shape index (κ3) is 2.40. The van der Waals surface area contributed by atoms with Gasteiger partial charge >= 0.3 is 0 Å². The second-order valence-corrected chi connectivity index (χ2v) is 5.82. The molecule has 2 N–H and O–H groups in total. The van der Waals surface area contributed by atoms with Gasteiger partial charge in [-0.1, -0.05) is 24.3 Å². The molecule has 3 aromatic rings. The smallest absolute Gasteiger partial charge is 0.0723 e. The molecular weight excluding hydrogens is 266 g/mol. The lowest BCUT2D eigenvalue weighted by Crippen LogP contribution is -2.19. The molecule has 3 nitrogen and oxygen atoms in total. The molecule has 1 aromatic carbocycles. The Hall–Kier alpha value is -1.91. The fourth-order valence-electron chi connectivity index (χ4n) is 2.48. The number of aromatic nitrogens is 1. The molecule has 2 aromatic heterocycles. The predicted octanol–water partition coefficient (Wildman–Crippen LogP) is 3.39. The van der Waals surface area contributed by atoms with Gasteiger partial charge in [0.1, 0.15) is 0 Å². The number of nitrogens with two attached hydrogens (primary N) is 1. The first-order valence-corrected chi connectivity index (χ1v) is 7.48. The fraction of sp³-hybridized carbons (Fsp3) is 0.188. The topological polar surface area (TPSA) is 42.1 Å². The van der Waals surface area contributed by atoms with E-state index in [1.165, 1.54) is 10.6 Å². The van der Waals surface area contributed by atoms with Gasteiger partial charge in [0, 0.05) is 35.6 Å². The van der Waals surface area contributed by atoms with Gasteiger partial charge in [-0.3, -0.25) is 4.98 Å². The molecule has 0 amide bonds. The second kappa shape index (κ2) is 5.61. The van der Waals surface area contributed by atoms with Crippen LogP contribution in [0, 0.1) is 0 Å². The van der Waals surface area contributed by atoms with E-state index in [1.807, 2.05) is 24.4 Å². The summed E-state index contributed by atoms with van der Waals surface area (Å²) < 4.78 is 0. The van der Waals surface area contributed by atoms with Crippen LogP contribution in [0.2, 0.25) is 0 Å². The van der Waals surface area contributed by atoms with Gasteiger partial charge in [-0.05, 0) is 17.5 Å². The Balaban J connectivity index is 2.08. The highest BCUT2D eigenvalue weighted by Gasteiger charge is 2.12. The van der Waals surface area contributed by atoms with Gasteiger partial charge in [-0.15, -0.1) is 11.3 Å². The van der Waals surface area contributed by atoms with Crippen molar-refractivity contribution < 1.29 is 0 Å². The minimum Gasteiger partial charge on any atom is -0.369 e. The Morgan fingerprint density at radius 2 is 2.05 bits per heavy atom. The zero-order chi connectivity index (χ0) is 13.9.